The van der Waals surface area contributed by atoms with Gasteiger partial charge in [-0.3, -0.25) is 14.4 Å². The fourth-order valence-electron chi connectivity index (χ4n) is 3.16. The van der Waals surface area contributed by atoms with E-state index in [9.17, 15) is 14.4 Å². The molecule has 1 aromatic heterocycles. The molecule has 33 heavy (non-hydrogen) atoms. The van der Waals surface area contributed by atoms with Crippen LogP contribution in [0.4, 0.5) is 11.4 Å². The minimum atomic E-state index is -0.358. The van der Waals surface area contributed by atoms with Crippen LogP contribution in [0.1, 0.15) is 16.1 Å². The molecule has 0 spiro atoms. The number of hydrogen-bond donors (Lipinski definition) is 3. The summed E-state index contributed by atoms with van der Waals surface area (Å²) in [5.74, 6) is -0.769. The Morgan fingerprint density at radius 2 is 1.45 bits per heavy atom. The standard InChI is InChI=1S/C25H20ClN3O4/c26-18-7-11-19(12-8-18)28-24(31)15-27-23(30)13-16-5-9-20(10-6-16)29-25(32)22-14-17-3-1-2-4-21(17)33-22/h1-12,14H,13,15H2,(H,27,30)(H,28,31)(H,29,32). The third kappa shape index (κ3) is 5.99. The van der Waals surface area contributed by atoms with Crippen LogP contribution >= 0.6 is 11.6 Å². The van der Waals surface area contributed by atoms with Crippen molar-refractivity contribution in [3.63, 3.8) is 0 Å². The summed E-state index contributed by atoms with van der Waals surface area (Å²) in [6, 6.07) is 22.6. The van der Waals surface area contributed by atoms with Crippen molar-refractivity contribution < 1.29 is 18.8 Å². The lowest BCUT2D eigenvalue weighted by Gasteiger charge is -2.08. The second-order valence-corrected chi connectivity index (χ2v) is 7.74. The Hall–Kier alpha value is -4.10. The minimum absolute atomic E-state index is 0.103. The van der Waals surface area contributed by atoms with Crippen LogP contribution in [-0.2, 0) is 16.0 Å². The minimum Gasteiger partial charge on any atom is -0.451 e. The summed E-state index contributed by atoms with van der Waals surface area (Å²) >= 11 is 5.81. The zero-order chi connectivity index (χ0) is 23.2. The molecule has 7 nitrogen and oxygen atoms in total. The Balaban J connectivity index is 1.25. The first-order valence-electron chi connectivity index (χ1n) is 10.2. The van der Waals surface area contributed by atoms with Gasteiger partial charge in [-0.1, -0.05) is 41.9 Å². The van der Waals surface area contributed by atoms with Crippen molar-refractivity contribution in [3.8, 4) is 0 Å². The highest BCUT2D eigenvalue weighted by atomic mass is 35.5. The number of carbonyl (C=O) groups is 3. The van der Waals surface area contributed by atoms with Gasteiger partial charge < -0.3 is 20.4 Å². The molecule has 0 saturated heterocycles. The molecule has 0 aliphatic rings. The van der Waals surface area contributed by atoms with Crippen molar-refractivity contribution >= 4 is 51.7 Å². The van der Waals surface area contributed by atoms with Crippen molar-refractivity contribution in [3.05, 3.63) is 95.2 Å². The number of furan rings is 1. The highest BCUT2D eigenvalue weighted by Gasteiger charge is 2.13. The van der Waals surface area contributed by atoms with E-state index in [4.69, 9.17) is 16.0 Å². The third-order valence-electron chi connectivity index (χ3n) is 4.80. The first kappa shape index (κ1) is 22.1. The lowest BCUT2D eigenvalue weighted by atomic mass is 10.1. The van der Waals surface area contributed by atoms with Crippen LogP contribution in [0, 0.1) is 0 Å². The van der Waals surface area contributed by atoms with Gasteiger partial charge in [-0.15, -0.1) is 0 Å². The van der Waals surface area contributed by atoms with Crippen LogP contribution in [0.2, 0.25) is 5.02 Å². The van der Waals surface area contributed by atoms with E-state index >= 15 is 0 Å². The van der Waals surface area contributed by atoms with Gasteiger partial charge in [0.25, 0.3) is 5.91 Å². The van der Waals surface area contributed by atoms with Gasteiger partial charge in [-0.25, -0.2) is 0 Å². The molecule has 0 saturated carbocycles. The molecular formula is C25H20ClN3O4. The summed E-state index contributed by atoms with van der Waals surface area (Å²) in [5.41, 5.74) is 2.56. The van der Waals surface area contributed by atoms with E-state index in [0.29, 0.717) is 22.0 Å². The van der Waals surface area contributed by atoms with Crippen LogP contribution in [-0.4, -0.2) is 24.3 Å². The topological polar surface area (TPSA) is 100 Å². The van der Waals surface area contributed by atoms with Gasteiger partial charge in [0, 0.05) is 21.8 Å². The molecule has 3 N–H and O–H groups in total. The second-order valence-electron chi connectivity index (χ2n) is 7.31. The number of rotatable bonds is 7. The Kier molecular flexibility index (Phi) is 6.71. The highest BCUT2D eigenvalue weighted by molar-refractivity contribution is 6.30. The monoisotopic (exact) mass is 461 g/mol. The van der Waals surface area contributed by atoms with Crippen LogP contribution in [0.15, 0.2) is 83.3 Å². The molecule has 0 aliphatic heterocycles. The van der Waals surface area contributed by atoms with Crippen molar-refractivity contribution in [2.75, 3.05) is 17.2 Å². The Bertz CT molecular complexity index is 1260. The average Bonchev–Trinajstić information content (AvgIpc) is 3.25. The van der Waals surface area contributed by atoms with Crippen molar-refractivity contribution in [1.29, 1.82) is 0 Å². The Labute approximate surface area is 194 Å². The van der Waals surface area contributed by atoms with Gasteiger partial charge >= 0.3 is 0 Å². The maximum absolute atomic E-state index is 12.4. The molecular weight excluding hydrogens is 442 g/mol. The SMILES string of the molecule is O=C(Cc1ccc(NC(=O)c2cc3ccccc3o2)cc1)NCC(=O)Nc1ccc(Cl)cc1. The number of amides is 3. The molecule has 3 amide bonds. The van der Waals surface area contributed by atoms with Gasteiger partial charge in [0.05, 0.1) is 13.0 Å². The maximum Gasteiger partial charge on any atom is 0.291 e. The molecule has 0 aliphatic carbocycles. The predicted octanol–water partition coefficient (Wildman–Crippen LogP) is 4.64. The quantitative estimate of drug-likeness (QED) is 0.373. The maximum atomic E-state index is 12.4. The van der Waals surface area contributed by atoms with E-state index in [1.165, 1.54) is 0 Å². The van der Waals surface area contributed by atoms with E-state index in [0.717, 1.165) is 10.9 Å². The number of benzene rings is 3. The number of para-hydroxylation sites is 1. The van der Waals surface area contributed by atoms with E-state index < -0.39 is 0 Å². The summed E-state index contributed by atoms with van der Waals surface area (Å²) in [7, 11) is 0. The molecule has 0 atom stereocenters. The van der Waals surface area contributed by atoms with Crippen molar-refractivity contribution in [2.24, 2.45) is 0 Å². The summed E-state index contributed by atoms with van der Waals surface area (Å²) in [6.45, 7) is -0.146. The van der Waals surface area contributed by atoms with Crippen LogP contribution in [0.3, 0.4) is 0 Å². The number of nitrogens with one attached hydrogen (secondary N) is 3. The number of hydrogen-bond acceptors (Lipinski definition) is 4. The fraction of sp³-hybridized carbons (Fsp3) is 0.0800. The second kappa shape index (κ2) is 10.0. The molecule has 166 valence electrons. The van der Waals surface area contributed by atoms with E-state index in [2.05, 4.69) is 16.0 Å². The lowest BCUT2D eigenvalue weighted by molar-refractivity contribution is -0.123. The zero-order valence-corrected chi connectivity index (χ0v) is 18.2. The van der Waals surface area contributed by atoms with Crippen LogP contribution in [0.25, 0.3) is 11.0 Å². The normalized spacial score (nSPS) is 10.6. The number of carbonyl (C=O) groups excluding carboxylic acids is 3. The van der Waals surface area contributed by atoms with Crippen molar-refractivity contribution in [2.45, 2.75) is 6.42 Å². The molecule has 0 radical (unpaired) electrons. The fourth-order valence-corrected chi connectivity index (χ4v) is 3.28. The average molecular weight is 462 g/mol. The molecule has 3 aromatic carbocycles. The van der Waals surface area contributed by atoms with Gasteiger partial charge in [0.1, 0.15) is 5.58 Å². The Morgan fingerprint density at radius 1 is 0.788 bits per heavy atom. The molecule has 0 fully saturated rings. The third-order valence-corrected chi connectivity index (χ3v) is 5.05. The van der Waals surface area contributed by atoms with E-state index in [1.54, 1.807) is 60.7 Å². The molecule has 8 heteroatoms. The van der Waals surface area contributed by atoms with Gasteiger partial charge in [0.15, 0.2) is 5.76 Å². The number of fused-ring (bicyclic) bond motifs is 1. The largest absolute Gasteiger partial charge is 0.451 e. The lowest BCUT2D eigenvalue weighted by Crippen LogP contribution is -2.33. The number of anilines is 2. The Morgan fingerprint density at radius 3 is 2.18 bits per heavy atom. The summed E-state index contributed by atoms with van der Waals surface area (Å²) in [6.07, 6.45) is 0.103. The van der Waals surface area contributed by atoms with Gasteiger partial charge in [-0.05, 0) is 54.1 Å². The first-order valence-corrected chi connectivity index (χ1v) is 10.5. The van der Waals surface area contributed by atoms with Gasteiger partial charge in [-0.2, -0.15) is 0 Å². The molecule has 1 heterocycles. The highest BCUT2D eigenvalue weighted by Crippen LogP contribution is 2.20. The van der Waals surface area contributed by atoms with Crippen molar-refractivity contribution in [1.82, 2.24) is 5.32 Å². The summed E-state index contributed by atoms with van der Waals surface area (Å²) in [5, 5.41) is 9.46. The van der Waals surface area contributed by atoms with E-state index in [1.807, 2.05) is 18.2 Å². The van der Waals surface area contributed by atoms with Crippen LogP contribution in [0.5, 0.6) is 0 Å². The number of halogens is 1. The molecule has 0 unspecified atom stereocenters. The predicted molar refractivity (Wildman–Crippen MR) is 127 cm³/mol. The smallest absolute Gasteiger partial charge is 0.291 e. The molecule has 0 bridgehead atoms. The molecule has 4 rings (SSSR count). The first-order chi connectivity index (χ1) is 16.0. The summed E-state index contributed by atoms with van der Waals surface area (Å²) < 4.78 is 5.56. The zero-order valence-electron chi connectivity index (χ0n) is 17.4. The van der Waals surface area contributed by atoms with E-state index in [-0.39, 0.29) is 36.4 Å². The van der Waals surface area contributed by atoms with Gasteiger partial charge in [0.2, 0.25) is 11.8 Å². The summed E-state index contributed by atoms with van der Waals surface area (Å²) in [4.78, 5) is 36.6. The molecule has 4 aromatic rings. The van der Waals surface area contributed by atoms with Crippen LogP contribution < -0.4 is 16.0 Å².